The molecule has 2 aromatic rings. The van der Waals surface area contributed by atoms with E-state index in [1.807, 2.05) is 13.8 Å². The number of carbonyl (C=O) groups excluding carboxylic acids is 1. The first-order chi connectivity index (χ1) is 16.1. The Morgan fingerprint density at radius 3 is 2.21 bits per heavy atom. The number of hydrogen-bond acceptors (Lipinski definition) is 6. The molecule has 1 aromatic carbocycles. The molecule has 0 bridgehead atoms. The van der Waals surface area contributed by atoms with Gasteiger partial charge in [-0.25, -0.2) is 4.39 Å². The van der Waals surface area contributed by atoms with Crippen LogP contribution in [-0.2, 0) is 20.9 Å². The van der Waals surface area contributed by atoms with Gasteiger partial charge in [-0.15, -0.1) is 0 Å². The smallest absolute Gasteiger partial charge is 0.308 e. The number of carbonyl (C=O) groups is 1. The molecule has 2 N–H and O–H groups in total. The molecule has 0 amide bonds. The van der Waals surface area contributed by atoms with Crippen LogP contribution < -0.4 is 0 Å². The predicted molar refractivity (Wildman–Crippen MR) is 131 cm³/mol. The van der Waals surface area contributed by atoms with E-state index >= 15 is 0 Å². The van der Waals surface area contributed by atoms with Gasteiger partial charge < -0.3 is 19.7 Å². The molecular weight excluding hydrogens is 437 g/mol. The zero-order valence-electron chi connectivity index (χ0n) is 20.8. The number of aliphatic hydroxyl groups is 2. The molecule has 186 valence electrons. The predicted octanol–water partition coefficient (Wildman–Crippen LogP) is 4.97. The first kappa shape index (κ1) is 27.6. The van der Waals surface area contributed by atoms with Gasteiger partial charge in [0.05, 0.1) is 38.0 Å². The molecule has 0 saturated heterocycles. The van der Waals surface area contributed by atoms with Crippen molar-refractivity contribution in [2.45, 2.75) is 71.2 Å². The van der Waals surface area contributed by atoms with Crippen molar-refractivity contribution >= 4 is 12.0 Å². The van der Waals surface area contributed by atoms with Gasteiger partial charge in [0.1, 0.15) is 5.82 Å². The summed E-state index contributed by atoms with van der Waals surface area (Å²) >= 11 is 0. The third kappa shape index (κ3) is 7.19. The quantitative estimate of drug-likeness (QED) is 0.448. The summed E-state index contributed by atoms with van der Waals surface area (Å²) < 4.78 is 23.8. The SMILES string of the molecule is COCc1c(C(C)C)nc(C(C)C)c(C=CC(O)CC(O)CC(=O)OC)c1-c1ccc(F)cc1. The zero-order valence-corrected chi connectivity index (χ0v) is 20.8. The first-order valence-electron chi connectivity index (χ1n) is 11.5. The number of halogens is 1. The van der Waals surface area contributed by atoms with Gasteiger partial charge in [-0.1, -0.05) is 52.0 Å². The van der Waals surface area contributed by atoms with Crippen molar-refractivity contribution in [3.05, 3.63) is 58.7 Å². The Balaban J connectivity index is 2.64. The van der Waals surface area contributed by atoms with Crippen LogP contribution >= 0.6 is 0 Å². The van der Waals surface area contributed by atoms with E-state index < -0.39 is 18.2 Å². The van der Waals surface area contributed by atoms with Crippen LogP contribution in [0.5, 0.6) is 0 Å². The summed E-state index contributed by atoms with van der Waals surface area (Å²) in [7, 11) is 2.87. The normalized spacial score (nSPS) is 13.6. The van der Waals surface area contributed by atoms with Crippen molar-refractivity contribution in [2.75, 3.05) is 14.2 Å². The van der Waals surface area contributed by atoms with E-state index in [1.165, 1.54) is 19.2 Å². The molecule has 2 rings (SSSR count). The molecule has 34 heavy (non-hydrogen) atoms. The summed E-state index contributed by atoms with van der Waals surface area (Å²) in [5, 5.41) is 20.6. The van der Waals surface area contributed by atoms with Crippen LogP contribution in [0.2, 0.25) is 0 Å². The Labute approximate surface area is 201 Å². The second-order valence-corrected chi connectivity index (χ2v) is 9.00. The zero-order chi connectivity index (χ0) is 25.4. The number of methoxy groups -OCH3 is 2. The Hall–Kier alpha value is -2.61. The lowest BCUT2D eigenvalue weighted by atomic mass is 9.87. The number of nitrogens with zero attached hydrogens (tertiary/aromatic N) is 1. The highest BCUT2D eigenvalue weighted by Gasteiger charge is 2.23. The number of aromatic nitrogens is 1. The fourth-order valence-corrected chi connectivity index (χ4v) is 3.92. The molecule has 0 saturated carbocycles. The lowest BCUT2D eigenvalue weighted by Crippen LogP contribution is -2.20. The van der Waals surface area contributed by atoms with Gasteiger partial charge in [-0.2, -0.15) is 0 Å². The summed E-state index contributed by atoms with van der Waals surface area (Å²) in [6, 6.07) is 6.29. The third-order valence-corrected chi connectivity index (χ3v) is 5.54. The monoisotopic (exact) mass is 473 g/mol. The molecule has 1 heterocycles. The average Bonchev–Trinajstić information content (AvgIpc) is 2.77. The molecule has 6 nitrogen and oxygen atoms in total. The van der Waals surface area contributed by atoms with E-state index in [-0.39, 0.29) is 30.5 Å². The molecule has 7 heteroatoms. The molecule has 0 fully saturated rings. The number of esters is 1. The van der Waals surface area contributed by atoms with Crippen LogP contribution in [0.25, 0.3) is 17.2 Å². The second-order valence-electron chi connectivity index (χ2n) is 9.00. The summed E-state index contributed by atoms with van der Waals surface area (Å²) in [4.78, 5) is 16.4. The number of aliphatic hydroxyl groups excluding tert-OH is 2. The van der Waals surface area contributed by atoms with Gasteiger partial charge in [0.25, 0.3) is 0 Å². The molecule has 2 unspecified atom stereocenters. The number of hydrogen-bond donors (Lipinski definition) is 2. The first-order valence-corrected chi connectivity index (χ1v) is 11.5. The van der Waals surface area contributed by atoms with E-state index in [0.717, 1.165) is 33.6 Å². The lowest BCUT2D eigenvalue weighted by Gasteiger charge is -2.23. The number of ether oxygens (including phenoxy) is 2. The average molecular weight is 474 g/mol. The minimum absolute atomic E-state index is 0.0169. The van der Waals surface area contributed by atoms with Gasteiger partial charge in [0, 0.05) is 30.4 Å². The highest BCUT2D eigenvalue weighted by Crippen LogP contribution is 2.38. The summed E-state index contributed by atoms with van der Waals surface area (Å²) in [6.45, 7) is 8.56. The van der Waals surface area contributed by atoms with Gasteiger partial charge in [-0.3, -0.25) is 9.78 Å². The van der Waals surface area contributed by atoms with Gasteiger partial charge in [0.15, 0.2) is 0 Å². The van der Waals surface area contributed by atoms with Crippen molar-refractivity contribution in [1.82, 2.24) is 4.98 Å². The molecular formula is C27H36FNO5. The van der Waals surface area contributed by atoms with E-state index in [2.05, 4.69) is 18.6 Å². The van der Waals surface area contributed by atoms with E-state index in [0.29, 0.717) is 6.61 Å². The van der Waals surface area contributed by atoms with Crippen LogP contribution in [0, 0.1) is 5.82 Å². The van der Waals surface area contributed by atoms with Crippen LogP contribution in [0.15, 0.2) is 30.3 Å². The summed E-state index contributed by atoms with van der Waals surface area (Å²) in [5.41, 5.74) is 5.17. The Morgan fingerprint density at radius 1 is 1.06 bits per heavy atom. The van der Waals surface area contributed by atoms with Crippen molar-refractivity contribution in [3.8, 4) is 11.1 Å². The molecule has 1 aromatic heterocycles. The Bertz CT molecular complexity index is 986. The third-order valence-electron chi connectivity index (χ3n) is 5.54. The highest BCUT2D eigenvalue weighted by atomic mass is 19.1. The maximum atomic E-state index is 13.7. The van der Waals surface area contributed by atoms with Crippen molar-refractivity contribution in [2.24, 2.45) is 0 Å². The molecule has 0 aliphatic carbocycles. The minimum Gasteiger partial charge on any atom is -0.469 e. The maximum absolute atomic E-state index is 13.7. The van der Waals surface area contributed by atoms with E-state index in [9.17, 15) is 19.4 Å². The van der Waals surface area contributed by atoms with Crippen molar-refractivity contribution in [3.63, 3.8) is 0 Å². The topological polar surface area (TPSA) is 88.9 Å². The summed E-state index contributed by atoms with van der Waals surface area (Å²) in [5.74, 6) is -0.651. The lowest BCUT2D eigenvalue weighted by molar-refractivity contribution is -0.143. The van der Waals surface area contributed by atoms with Gasteiger partial charge in [-0.05, 0) is 35.1 Å². The summed E-state index contributed by atoms with van der Waals surface area (Å²) in [6.07, 6.45) is 1.15. The number of rotatable bonds is 11. The van der Waals surface area contributed by atoms with E-state index in [4.69, 9.17) is 9.72 Å². The number of benzene rings is 1. The molecule has 0 aliphatic rings. The largest absolute Gasteiger partial charge is 0.469 e. The molecule has 2 atom stereocenters. The van der Waals surface area contributed by atoms with Crippen molar-refractivity contribution in [1.29, 1.82) is 0 Å². The maximum Gasteiger partial charge on any atom is 0.308 e. The molecule has 0 radical (unpaired) electrons. The van der Waals surface area contributed by atoms with Crippen molar-refractivity contribution < 1.29 is 28.9 Å². The van der Waals surface area contributed by atoms with Gasteiger partial charge in [0.2, 0.25) is 0 Å². The minimum atomic E-state index is -1.03. The van der Waals surface area contributed by atoms with Gasteiger partial charge >= 0.3 is 5.97 Å². The molecule has 0 spiro atoms. The Morgan fingerprint density at radius 2 is 1.68 bits per heavy atom. The highest BCUT2D eigenvalue weighted by molar-refractivity contribution is 5.80. The van der Waals surface area contributed by atoms with Crippen LogP contribution in [0.4, 0.5) is 4.39 Å². The van der Waals surface area contributed by atoms with Crippen LogP contribution in [0.3, 0.4) is 0 Å². The van der Waals surface area contributed by atoms with E-state index in [1.54, 1.807) is 31.4 Å². The molecule has 0 aliphatic heterocycles. The standard InChI is InChI=1S/C27H36FNO5/c1-16(2)26-22(12-11-20(30)13-21(31)14-24(32)34-6)25(18-7-9-19(28)10-8-18)23(15-33-5)27(29-26)17(3)4/h7-12,16-17,20-21,30-31H,13-15H2,1-6H3. The van der Waals surface area contributed by atoms with Crippen LogP contribution in [0.1, 0.15) is 74.9 Å². The fourth-order valence-electron chi connectivity index (χ4n) is 3.92. The van der Waals surface area contributed by atoms with Crippen LogP contribution in [-0.4, -0.2) is 47.6 Å². The second kappa shape index (κ2) is 12.7. The Kier molecular flexibility index (Phi) is 10.4. The fraction of sp³-hybridized carbons (Fsp3) is 0.481. The number of pyridine rings is 1.